The largest absolute Gasteiger partial charge is 0.428 e. The Balaban J connectivity index is 1.72. The molecule has 0 unspecified atom stereocenters. The van der Waals surface area contributed by atoms with Crippen molar-refractivity contribution in [2.24, 2.45) is 23.7 Å². The van der Waals surface area contributed by atoms with Gasteiger partial charge in [0.1, 0.15) is 5.76 Å². The number of rotatable bonds is 1. The van der Waals surface area contributed by atoms with Gasteiger partial charge in [0.2, 0.25) is 0 Å². The number of hydrogen-bond donors (Lipinski definition) is 1. The predicted octanol–water partition coefficient (Wildman–Crippen LogP) is 3.10. The van der Waals surface area contributed by atoms with Gasteiger partial charge < -0.3 is 10.2 Å². The molecule has 1 aromatic rings. The number of nitrogen functional groups attached to an aromatic ring is 1. The lowest BCUT2D eigenvalue weighted by atomic mass is 9.51. The minimum absolute atomic E-state index is 0.353. The molecule has 4 aliphatic carbocycles. The van der Waals surface area contributed by atoms with Crippen molar-refractivity contribution < 1.29 is 4.42 Å². The molecule has 2 N–H and O–H groups in total. The molecule has 4 saturated carbocycles. The van der Waals surface area contributed by atoms with E-state index in [-0.39, 0.29) is 0 Å². The molecule has 0 aromatic carbocycles. The molecular weight excluding hydrogens is 212 g/mol. The van der Waals surface area contributed by atoms with Gasteiger partial charge in [0.25, 0.3) is 6.01 Å². The topological polar surface area (TPSA) is 52.0 Å². The van der Waals surface area contributed by atoms with E-state index in [2.05, 4.69) is 4.98 Å². The van der Waals surface area contributed by atoms with Crippen LogP contribution in [0.4, 0.5) is 6.01 Å². The van der Waals surface area contributed by atoms with Crippen LogP contribution in [-0.2, 0) is 0 Å². The summed E-state index contributed by atoms with van der Waals surface area (Å²) in [7, 11) is 0. The average molecular weight is 232 g/mol. The van der Waals surface area contributed by atoms with E-state index in [4.69, 9.17) is 10.2 Å². The van der Waals surface area contributed by atoms with Gasteiger partial charge in [-0.1, -0.05) is 0 Å². The van der Waals surface area contributed by atoms with Crippen molar-refractivity contribution in [3.8, 4) is 0 Å². The Morgan fingerprint density at radius 3 is 2.12 bits per heavy atom. The fourth-order valence-electron chi connectivity index (χ4n) is 5.09. The molecule has 0 saturated heterocycles. The second-order valence-electron chi connectivity index (χ2n) is 6.46. The highest BCUT2D eigenvalue weighted by atomic mass is 16.4. The van der Waals surface area contributed by atoms with Crippen LogP contribution in [0.15, 0.2) is 4.42 Å². The first kappa shape index (κ1) is 9.98. The maximum absolute atomic E-state index is 5.71. The fourth-order valence-corrected chi connectivity index (χ4v) is 5.09. The van der Waals surface area contributed by atoms with Crippen molar-refractivity contribution in [1.29, 1.82) is 0 Å². The molecule has 92 valence electrons. The zero-order valence-corrected chi connectivity index (χ0v) is 10.4. The first-order valence-electron chi connectivity index (χ1n) is 6.93. The van der Waals surface area contributed by atoms with Crippen molar-refractivity contribution in [2.45, 2.75) is 44.9 Å². The number of nitrogens with zero attached hydrogens (tertiary/aromatic N) is 1. The molecule has 1 heterocycles. The monoisotopic (exact) mass is 232 g/mol. The average Bonchev–Trinajstić information content (AvgIpc) is 2.56. The number of hydrogen-bond acceptors (Lipinski definition) is 3. The van der Waals surface area contributed by atoms with Crippen molar-refractivity contribution >= 4 is 6.01 Å². The summed E-state index contributed by atoms with van der Waals surface area (Å²) < 4.78 is 5.71. The van der Waals surface area contributed by atoms with Crippen LogP contribution in [0.2, 0.25) is 0 Å². The number of nitrogens with two attached hydrogens (primary N) is 1. The predicted molar refractivity (Wildman–Crippen MR) is 65.4 cm³/mol. The summed E-state index contributed by atoms with van der Waals surface area (Å²) in [4.78, 5) is 4.25. The van der Waals surface area contributed by atoms with E-state index in [1.165, 1.54) is 32.1 Å². The third kappa shape index (κ3) is 1.37. The van der Waals surface area contributed by atoms with E-state index >= 15 is 0 Å². The summed E-state index contributed by atoms with van der Waals surface area (Å²) in [5.74, 6) is 5.43. The SMILES string of the molecule is Cc1nc(N)oc1C1C2CC3CC(C2)CC1C3. The molecule has 0 atom stereocenters. The number of anilines is 1. The van der Waals surface area contributed by atoms with Gasteiger partial charge >= 0.3 is 0 Å². The van der Waals surface area contributed by atoms with E-state index in [0.717, 1.165) is 35.1 Å². The molecule has 0 aliphatic heterocycles. The van der Waals surface area contributed by atoms with Gasteiger partial charge in [-0.2, -0.15) is 4.98 Å². The molecule has 3 heteroatoms. The van der Waals surface area contributed by atoms with Crippen LogP contribution in [0.25, 0.3) is 0 Å². The molecule has 4 aliphatic rings. The highest BCUT2D eigenvalue weighted by Crippen LogP contribution is 2.60. The quantitative estimate of drug-likeness (QED) is 0.809. The van der Waals surface area contributed by atoms with Crippen LogP contribution in [0.3, 0.4) is 0 Å². The number of aryl methyl sites for hydroxylation is 1. The zero-order chi connectivity index (χ0) is 11.6. The lowest BCUT2D eigenvalue weighted by molar-refractivity contribution is -0.00964. The summed E-state index contributed by atoms with van der Waals surface area (Å²) in [6.07, 6.45) is 7.15. The third-order valence-electron chi connectivity index (χ3n) is 5.38. The molecule has 5 rings (SSSR count). The van der Waals surface area contributed by atoms with Crippen molar-refractivity contribution in [2.75, 3.05) is 5.73 Å². The van der Waals surface area contributed by atoms with E-state index < -0.39 is 0 Å². The molecule has 0 spiro atoms. The normalized spacial score (nSPS) is 43.2. The molecule has 0 radical (unpaired) electrons. The Bertz CT molecular complexity index is 423. The van der Waals surface area contributed by atoms with E-state index in [9.17, 15) is 0 Å². The summed E-state index contributed by atoms with van der Waals surface area (Å²) in [5.41, 5.74) is 6.72. The number of oxazole rings is 1. The molecule has 17 heavy (non-hydrogen) atoms. The smallest absolute Gasteiger partial charge is 0.292 e. The first-order chi connectivity index (χ1) is 8.20. The van der Waals surface area contributed by atoms with Crippen LogP contribution >= 0.6 is 0 Å². The van der Waals surface area contributed by atoms with Crippen LogP contribution in [0.1, 0.15) is 49.5 Å². The zero-order valence-electron chi connectivity index (χ0n) is 10.4. The van der Waals surface area contributed by atoms with Crippen LogP contribution in [-0.4, -0.2) is 4.98 Å². The molecule has 3 nitrogen and oxygen atoms in total. The lowest BCUT2D eigenvalue weighted by Crippen LogP contribution is -2.43. The maximum Gasteiger partial charge on any atom is 0.292 e. The Morgan fingerprint density at radius 2 is 1.65 bits per heavy atom. The van der Waals surface area contributed by atoms with Gasteiger partial charge in [-0.3, -0.25) is 0 Å². The molecule has 4 fully saturated rings. The van der Waals surface area contributed by atoms with E-state index in [1.54, 1.807) is 0 Å². The maximum atomic E-state index is 5.71. The Hall–Kier alpha value is -0.990. The van der Waals surface area contributed by atoms with Crippen molar-refractivity contribution in [1.82, 2.24) is 4.98 Å². The highest BCUT2D eigenvalue weighted by Gasteiger charge is 2.50. The Kier molecular flexibility index (Phi) is 1.92. The van der Waals surface area contributed by atoms with Crippen LogP contribution in [0, 0.1) is 30.6 Å². The summed E-state index contributed by atoms with van der Waals surface area (Å²) >= 11 is 0. The van der Waals surface area contributed by atoms with Gasteiger partial charge in [-0.25, -0.2) is 0 Å². The van der Waals surface area contributed by atoms with Crippen molar-refractivity contribution in [3.05, 3.63) is 11.5 Å². The number of aromatic nitrogens is 1. The third-order valence-corrected chi connectivity index (χ3v) is 5.38. The Morgan fingerprint density at radius 1 is 1.06 bits per heavy atom. The van der Waals surface area contributed by atoms with Gasteiger partial charge in [0.15, 0.2) is 0 Å². The fraction of sp³-hybridized carbons (Fsp3) is 0.786. The highest BCUT2D eigenvalue weighted by molar-refractivity contribution is 5.25. The molecular formula is C14H20N2O. The minimum Gasteiger partial charge on any atom is -0.428 e. The molecule has 1 aromatic heterocycles. The second-order valence-corrected chi connectivity index (χ2v) is 6.46. The van der Waals surface area contributed by atoms with Crippen LogP contribution in [0.5, 0.6) is 0 Å². The minimum atomic E-state index is 0.353. The van der Waals surface area contributed by atoms with E-state index in [0.29, 0.717) is 11.9 Å². The van der Waals surface area contributed by atoms with Crippen molar-refractivity contribution in [3.63, 3.8) is 0 Å². The molecule has 4 bridgehead atoms. The van der Waals surface area contributed by atoms with Gasteiger partial charge in [0.05, 0.1) is 5.69 Å². The van der Waals surface area contributed by atoms with Gasteiger partial charge in [-0.05, 0) is 62.7 Å². The van der Waals surface area contributed by atoms with E-state index in [1.807, 2.05) is 6.92 Å². The standard InChI is InChI=1S/C14H20N2O/c1-7-13(17-14(15)16-7)12-10-3-8-2-9(5-10)6-11(12)4-8/h8-12H,2-6H2,1H3,(H2,15,16). The van der Waals surface area contributed by atoms with Crippen LogP contribution < -0.4 is 5.73 Å². The van der Waals surface area contributed by atoms with Gasteiger partial charge in [-0.15, -0.1) is 0 Å². The Labute approximate surface area is 102 Å². The molecule has 0 amide bonds. The van der Waals surface area contributed by atoms with Gasteiger partial charge in [0, 0.05) is 5.92 Å². The lowest BCUT2D eigenvalue weighted by Gasteiger charge is -2.53. The second kappa shape index (κ2) is 3.27. The summed E-state index contributed by atoms with van der Waals surface area (Å²) in [6.45, 7) is 2.04. The first-order valence-corrected chi connectivity index (χ1v) is 6.93. The summed E-state index contributed by atoms with van der Waals surface area (Å²) in [5, 5.41) is 0. The summed E-state index contributed by atoms with van der Waals surface area (Å²) in [6, 6.07) is 0.353.